The summed E-state index contributed by atoms with van der Waals surface area (Å²) in [6.45, 7) is 0. The van der Waals surface area contributed by atoms with Crippen LogP contribution >= 0.6 is 11.5 Å². The molecule has 0 saturated heterocycles. The smallest absolute Gasteiger partial charge is 0.286 e. The van der Waals surface area contributed by atoms with Crippen molar-refractivity contribution in [3.63, 3.8) is 0 Å². The summed E-state index contributed by atoms with van der Waals surface area (Å²) in [5, 5.41) is 13.7. The van der Waals surface area contributed by atoms with Crippen molar-refractivity contribution in [1.29, 1.82) is 5.26 Å². The fourth-order valence-electron chi connectivity index (χ4n) is 2.12. The summed E-state index contributed by atoms with van der Waals surface area (Å²) in [6.07, 6.45) is 0. The minimum atomic E-state index is -4.37. The second-order valence-corrected chi connectivity index (χ2v) is 7.24. The molecule has 0 aliphatic heterocycles. The highest BCUT2D eigenvalue weighted by atomic mass is 32.2. The number of hydrogen-bond acceptors (Lipinski definition) is 8. The number of benzene rings is 2. The van der Waals surface area contributed by atoms with Crippen molar-refractivity contribution in [2.75, 3.05) is 5.43 Å². The topological polar surface area (TPSA) is 133 Å². The van der Waals surface area contributed by atoms with Gasteiger partial charge in [0.25, 0.3) is 10.1 Å². The molecule has 2 aromatic carbocycles. The third-order valence-corrected chi connectivity index (χ3v) is 5.00. The first-order chi connectivity index (χ1) is 12.4. The van der Waals surface area contributed by atoms with Crippen molar-refractivity contribution < 1.29 is 17.8 Å². The standard InChI is InChI=1S/C16H10N4O4S2/c17-9-14(15(21)10-4-2-1-3-5-10)18-19-16-12-8-11(26(22,23)24)6-7-13(12)20-25-16/h1-8,19H,(H,22,23,24)/b18-14+. The Kier molecular flexibility index (Phi) is 4.77. The van der Waals surface area contributed by atoms with E-state index in [0.29, 0.717) is 21.5 Å². The van der Waals surface area contributed by atoms with Crippen LogP contribution in [0, 0.1) is 11.3 Å². The maximum Gasteiger partial charge on any atom is 0.294 e. The Morgan fingerprint density at radius 3 is 2.62 bits per heavy atom. The zero-order chi connectivity index (χ0) is 18.7. The quantitative estimate of drug-likeness (QED) is 0.298. The number of nitrogens with zero attached hydrogens (tertiary/aromatic N) is 3. The number of fused-ring (bicyclic) bond motifs is 1. The van der Waals surface area contributed by atoms with Crippen LogP contribution in [0.2, 0.25) is 0 Å². The molecule has 0 aliphatic carbocycles. The van der Waals surface area contributed by atoms with Gasteiger partial charge in [0.1, 0.15) is 11.1 Å². The first-order valence-corrected chi connectivity index (χ1v) is 9.32. The lowest BCUT2D eigenvalue weighted by Crippen LogP contribution is -2.14. The zero-order valence-corrected chi connectivity index (χ0v) is 14.6. The molecule has 0 radical (unpaired) electrons. The number of nitrogens with one attached hydrogen (secondary N) is 1. The fraction of sp³-hybridized carbons (Fsp3) is 0. The van der Waals surface area contributed by atoms with Crippen LogP contribution in [0.4, 0.5) is 5.00 Å². The predicted molar refractivity (Wildman–Crippen MR) is 96.9 cm³/mol. The summed E-state index contributed by atoms with van der Waals surface area (Å²) < 4.78 is 35.8. The van der Waals surface area contributed by atoms with Gasteiger partial charge in [-0.25, -0.2) is 0 Å². The van der Waals surface area contributed by atoms with E-state index in [-0.39, 0.29) is 10.6 Å². The van der Waals surface area contributed by atoms with Crippen molar-refractivity contribution in [2.45, 2.75) is 4.90 Å². The number of hydrogen-bond donors (Lipinski definition) is 2. The fourth-order valence-corrected chi connectivity index (χ4v) is 3.33. The summed E-state index contributed by atoms with van der Waals surface area (Å²) in [6, 6.07) is 13.8. The third kappa shape index (κ3) is 3.60. The Labute approximate surface area is 152 Å². The van der Waals surface area contributed by atoms with E-state index in [1.807, 2.05) is 0 Å². The molecule has 0 saturated carbocycles. The van der Waals surface area contributed by atoms with E-state index in [9.17, 15) is 18.5 Å². The van der Waals surface area contributed by atoms with E-state index >= 15 is 0 Å². The molecule has 3 aromatic rings. The molecular weight excluding hydrogens is 376 g/mol. The number of ketones is 1. The first-order valence-electron chi connectivity index (χ1n) is 7.10. The van der Waals surface area contributed by atoms with Crippen molar-refractivity contribution in [1.82, 2.24) is 4.37 Å². The van der Waals surface area contributed by atoms with Crippen LogP contribution in [0.5, 0.6) is 0 Å². The van der Waals surface area contributed by atoms with Gasteiger partial charge >= 0.3 is 0 Å². The average Bonchev–Trinajstić information content (AvgIpc) is 3.04. The molecule has 130 valence electrons. The SMILES string of the molecule is N#C/C(=N\Nc1snc2ccc(S(=O)(=O)O)cc12)C(=O)c1ccccc1. The Morgan fingerprint density at radius 1 is 1.23 bits per heavy atom. The third-order valence-electron chi connectivity index (χ3n) is 3.37. The maximum atomic E-state index is 12.3. The molecule has 1 aromatic heterocycles. The van der Waals surface area contributed by atoms with Gasteiger partial charge in [-0.2, -0.15) is 23.2 Å². The van der Waals surface area contributed by atoms with E-state index in [1.165, 1.54) is 18.2 Å². The molecule has 0 fully saturated rings. The summed E-state index contributed by atoms with van der Waals surface area (Å²) in [5.41, 5.74) is 3.01. The highest BCUT2D eigenvalue weighted by Gasteiger charge is 2.16. The van der Waals surface area contributed by atoms with Crippen molar-refractivity contribution >= 4 is 49.0 Å². The molecule has 1 heterocycles. The minimum absolute atomic E-state index is 0.293. The van der Waals surface area contributed by atoms with Crippen molar-refractivity contribution in [3.8, 4) is 6.07 Å². The molecule has 10 heteroatoms. The first kappa shape index (κ1) is 17.7. The minimum Gasteiger partial charge on any atom is -0.286 e. The number of carbonyl (C=O) groups excluding carboxylic acids is 1. The van der Waals surface area contributed by atoms with E-state index < -0.39 is 15.9 Å². The summed E-state index contributed by atoms with van der Waals surface area (Å²) >= 11 is 0.977. The lowest BCUT2D eigenvalue weighted by atomic mass is 10.1. The molecule has 0 spiro atoms. The summed E-state index contributed by atoms with van der Waals surface area (Å²) in [7, 11) is -4.37. The van der Waals surface area contributed by atoms with Gasteiger partial charge < -0.3 is 0 Å². The Morgan fingerprint density at radius 2 is 1.96 bits per heavy atom. The van der Waals surface area contributed by atoms with E-state index in [0.717, 1.165) is 11.5 Å². The maximum absolute atomic E-state index is 12.3. The second kappa shape index (κ2) is 7.01. The molecule has 8 nitrogen and oxygen atoms in total. The van der Waals surface area contributed by atoms with Crippen LogP contribution in [0.1, 0.15) is 10.4 Å². The Balaban J connectivity index is 1.94. The highest BCUT2D eigenvalue weighted by molar-refractivity contribution is 7.85. The largest absolute Gasteiger partial charge is 0.294 e. The average molecular weight is 386 g/mol. The van der Waals surface area contributed by atoms with Gasteiger partial charge in [-0.15, -0.1) is 0 Å². The Bertz CT molecular complexity index is 1160. The van der Waals surface area contributed by atoms with Gasteiger partial charge in [0.2, 0.25) is 11.5 Å². The van der Waals surface area contributed by atoms with E-state index in [1.54, 1.807) is 36.4 Å². The van der Waals surface area contributed by atoms with E-state index in [2.05, 4.69) is 14.9 Å². The molecule has 0 atom stereocenters. The van der Waals surface area contributed by atoms with Gasteiger partial charge in [0.05, 0.1) is 10.4 Å². The van der Waals surface area contributed by atoms with E-state index in [4.69, 9.17) is 4.55 Å². The Hall–Kier alpha value is -3.13. The molecular formula is C16H10N4O4S2. The van der Waals surface area contributed by atoms with Gasteiger partial charge in [-0.05, 0) is 29.7 Å². The summed E-state index contributed by atoms with van der Waals surface area (Å²) in [4.78, 5) is 12.0. The van der Waals surface area contributed by atoms with Crippen LogP contribution < -0.4 is 5.43 Å². The molecule has 0 amide bonds. The van der Waals surface area contributed by atoms with Crippen LogP contribution in [-0.2, 0) is 10.1 Å². The zero-order valence-electron chi connectivity index (χ0n) is 12.9. The van der Waals surface area contributed by atoms with Gasteiger partial charge in [0, 0.05) is 10.9 Å². The lowest BCUT2D eigenvalue weighted by Gasteiger charge is -2.01. The molecule has 0 aliphatic rings. The number of aromatic nitrogens is 1. The lowest BCUT2D eigenvalue weighted by molar-refractivity contribution is 0.106. The monoisotopic (exact) mass is 386 g/mol. The predicted octanol–water partition coefficient (Wildman–Crippen LogP) is 2.72. The van der Waals surface area contributed by atoms with Gasteiger partial charge in [0.15, 0.2) is 0 Å². The summed E-state index contributed by atoms with van der Waals surface area (Å²) in [5.74, 6) is -0.548. The number of Topliss-reactive ketones (excluding diaryl/α,β-unsaturated/α-hetero) is 1. The van der Waals surface area contributed by atoms with Crippen molar-refractivity contribution in [2.24, 2.45) is 5.10 Å². The van der Waals surface area contributed by atoms with Crippen LogP contribution in [0.25, 0.3) is 10.9 Å². The highest BCUT2D eigenvalue weighted by Crippen LogP contribution is 2.29. The number of hydrazone groups is 1. The van der Waals surface area contributed by atoms with Crippen molar-refractivity contribution in [3.05, 3.63) is 54.1 Å². The van der Waals surface area contributed by atoms with Crippen LogP contribution in [-0.4, -0.2) is 28.8 Å². The molecule has 2 N–H and O–H groups in total. The molecule has 0 bridgehead atoms. The number of nitriles is 1. The molecule has 26 heavy (non-hydrogen) atoms. The van der Waals surface area contributed by atoms with Crippen LogP contribution in [0.15, 0.2) is 58.5 Å². The van der Waals surface area contributed by atoms with Crippen LogP contribution in [0.3, 0.4) is 0 Å². The number of anilines is 1. The number of carbonyl (C=O) groups is 1. The van der Waals surface area contributed by atoms with Gasteiger partial charge in [-0.3, -0.25) is 14.8 Å². The van der Waals surface area contributed by atoms with Gasteiger partial charge in [-0.1, -0.05) is 30.3 Å². The molecule has 0 unspecified atom stereocenters. The molecule has 3 rings (SSSR count). The number of rotatable bonds is 5. The second-order valence-electron chi connectivity index (χ2n) is 5.04. The normalized spacial score (nSPS) is 11.9.